The molecule has 1 aromatic carbocycles. The molecule has 0 saturated heterocycles. The summed E-state index contributed by atoms with van der Waals surface area (Å²) in [7, 11) is 0. The molecule has 0 fully saturated rings. The van der Waals surface area contributed by atoms with Gasteiger partial charge in [0.25, 0.3) is 0 Å². The highest BCUT2D eigenvalue weighted by Gasteiger charge is 2.06. The third-order valence-corrected chi connectivity index (χ3v) is 2.24. The summed E-state index contributed by atoms with van der Waals surface area (Å²) in [6.45, 7) is 0.219. The second kappa shape index (κ2) is 5.12. The Labute approximate surface area is 99.1 Å². The van der Waals surface area contributed by atoms with E-state index in [0.717, 1.165) is 5.56 Å². The van der Waals surface area contributed by atoms with Crippen molar-refractivity contribution in [1.29, 1.82) is 0 Å². The number of aromatic nitrogens is 1. The van der Waals surface area contributed by atoms with Crippen LogP contribution in [0.25, 0.3) is 0 Å². The van der Waals surface area contributed by atoms with Gasteiger partial charge in [0.05, 0.1) is 5.56 Å². The minimum absolute atomic E-state index is 0.219. The SMILES string of the molecule is Nc1ccc(C(=O)OCc2cccnc2)cc1. The first kappa shape index (κ1) is 11.1. The Morgan fingerprint density at radius 1 is 1.24 bits per heavy atom. The molecular formula is C13H12N2O2. The molecule has 1 heterocycles. The Morgan fingerprint density at radius 3 is 2.65 bits per heavy atom. The number of carbonyl (C=O) groups is 1. The number of esters is 1. The quantitative estimate of drug-likeness (QED) is 0.644. The predicted molar refractivity (Wildman–Crippen MR) is 64.2 cm³/mol. The maximum atomic E-state index is 11.6. The highest BCUT2D eigenvalue weighted by atomic mass is 16.5. The van der Waals surface area contributed by atoms with Crippen molar-refractivity contribution in [2.24, 2.45) is 0 Å². The van der Waals surface area contributed by atoms with Gasteiger partial charge in [-0.15, -0.1) is 0 Å². The number of pyridine rings is 1. The zero-order chi connectivity index (χ0) is 12.1. The fourth-order valence-electron chi connectivity index (χ4n) is 1.33. The van der Waals surface area contributed by atoms with Gasteiger partial charge >= 0.3 is 5.97 Å². The van der Waals surface area contributed by atoms with Gasteiger partial charge in [0.15, 0.2) is 0 Å². The van der Waals surface area contributed by atoms with Crippen LogP contribution in [0, 0.1) is 0 Å². The summed E-state index contributed by atoms with van der Waals surface area (Å²) in [4.78, 5) is 15.6. The molecule has 0 unspecified atom stereocenters. The van der Waals surface area contributed by atoms with Gasteiger partial charge in [0, 0.05) is 23.6 Å². The van der Waals surface area contributed by atoms with Crippen LogP contribution in [-0.4, -0.2) is 11.0 Å². The number of hydrogen-bond donors (Lipinski definition) is 1. The summed E-state index contributed by atoms with van der Waals surface area (Å²) in [5.41, 5.74) is 7.50. The topological polar surface area (TPSA) is 65.2 Å². The fourth-order valence-corrected chi connectivity index (χ4v) is 1.33. The van der Waals surface area contributed by atoms with Crippen LogP contribution in [-0.2, 0) is 11.3 Å². The largest absolute Gasteiger partial charge is 0.457 e. The van der Waals surface area contributed by atoms with Gasteiger partial charge in [-0.1, -0.05) is 6.07 Å². The zero-order valence-electron chi connectivity index (χ0n) is 9.17. The average molecular weight is 228 g/mol. The van der Waals surface area contributed by atoms with Gasteiger partial charge in [-0.2, -0.15) is 0 Å². The van der Waals surface area contributed by atoms with Gasteiger partial charge in [-0.3, -0.25) is 4.98 Å². The van der Waals surface area contributed by atoms with Gasteiger partial charge in [0.1, 0.15) is 6.61 Å². The van der Waals surface area contributed by atoms with E-state index in [1.807, 2.05) is 6.07 Å². The highest BCUT2D eigenvalue weighted by molar-refractivity contribution is 5.89. The van der Waals surface area contributed by atoms with E-state index in [1.165, 1.54) is 0 Å². The lowest BCUT2D eigenvalue weighted by atomic mass is 10.2. The second-order valence-electron chi connectivity index (χ2n) is 3.56. The van der Waals surface area contributed by atoms with E-state index in [0.29, 0.717) is 11.3 Å². The van der Waals surface area contributed by atoms with E-state index in [4.69, 9.17) is 10.5 Å². The van der Waals surface area contributed by atoms with Gasteiger partial charge in [-0.05, 0) is 30.3 Å². The maximum absolute atomic E-state index is 11.6. The Kier molecular flexibility index (Phi) is 3.35. The Hall–Kier alpha value is -2.36. The number of nitrogen functional groups attached to an aromatic ring is 1. The van der Waals surface area contributed by atoms with Crippen molar-refractivity contribution in [2.75, 3.05) is 5.73 Å². The lowest BCUT2D eigenvalue weighted by Crippen LogP contribution is -2.05. The number of ether oxygens (including phenoxy) is 1. The lowest BCUT2D eigenvalue weighted by molar-refractivity contribution is 0.0472. The van der Waals surface area contributed by atoms with Crippen molar-refractivity contribution in [3.05, 3.63) is 59.9 Å². The van der Waals surface area contributed by atoms with Crippen LogP contribution >= 0.6 is 0 Å². The molecule has 2 N–H and O–H groups in total. The normalized spacial score (nSPS) is 9.88. The molecule has 0 aliphatic heterocycles. The summed E-state index contributed by atoms with van der Waals surface area (Å²) in [6.07, 6.45) is 3.33. The van der Waals surface area contributed by atoms with Crippen molar-refractivity contribution < 1.29 is 9.53 Å². The monoisotopic (exact) mass is 228 g/mol. The number of nitrogens with two attached hydrogens (primary N) is 1. The minimum atomic E-state index is -0.367. The minimum Gasteiger partial charge on any atom is -0.457 e. The van der Waals surface area contributed by atoms with Crippen LogP contribution in [0.15, 0.2) is 48.8 Å². The molecule has 0 aliphatic rings. The molecule has 17 heavy (non-hydrogen) atoms. The molecule has 0 atom stereocenters. The molecule has 86 valence electrons. The van der Waals surface area contributed by atoms with E-state index in [-0.39, 0.29) is 12.6 Å². The third-order valence-electron chi connectivity index (χ3n) is 2.24. The smallest absolute Gasteiger partial charge is 0.338 e. The third kappa shape index (κ3) is 3.04. The molecule has 0 bridgehead atoms. The first-order valence-electron chi connectivity index (χ1n) is 5.17. The van der Waals surface area contributed by atoms with Crippen LogP contribution in [0.3, 0.4) is 0 Å². The van der Waals surface area contributed by atoms with E-state index < -0.39 is 0 Å². The van der Waals surface area contributed by atoms with Crippen molar-refractivity contribution in [1.82, 2.24) is 4.98 Å². The molecule has 2 aromatic rings. The number of hydrogen-bond acceptors (Lipinski definition) is 4. The summed E-state index contributed by atoms with van der Waals surface area (Å²) in [5, 5.41) is 0. The van der Waals surface area contributed by atoms with Crippen LogP contribution in [0.1, 0.15) is 15.9 Å². The molecule has 0 spiro atoms. The van der Waals surface area contributed by atoms with Crippen LogP contribution in [0.5, 0.6) is 0 Å². The summed E-state index contributed by atoms with van der Waals surface area (Å²) < 4.78 is 5.13. The summed E-state index contributed by atoms with van der Waals surface area (Å²) >= 11 is 0. The maximum Gasteiger partial charge on any atom is 0.338 e. The molecule has 4 nitrogen and oxygen atoms in total. The first-order valence-corrected chi connectivity index (χ1v) is 5.17. The molecule has 4 heteroatoms. The van der Waals surface area contributed by atoms with Gasteiger partial charge in [0.2, 0.25) is 0 Å². The molecule has 2 rings (SSSR count). The Bertz CT molecular complexity index is 495. The zero-order valence-corrected chi connectivity index (χ0v) is 9.17. The van der Waals surface area contributed by atoms with Crippen LogP contribution in [0.4, 0.5) is 5.69 Å². The van der Waals surface area contributed by atoms with Crippen molar-refractivity contribution in [3.63, 3.8) is 0 Å². The Balaban J connectivity index is 1.96. The molecule has 0 saturated carbocycles. The average Bonchev–Trinajstić information content (AvgIpc) is 2.38. The molecule has 0 aliphatic carbocycles. The number of nitrogens with zero attached hydrogens (tertiary/aromatic N) is 1. The molecule has 1 aromatic heterocycles. The fraction of sp³-hybridized carbons (Fsp3) is 0.0769. The van der Waals surface area contributed by atoms with E-state index >= 15 is 0 Å². The number of anilines is 1. The van der Waals surface area contributed by atoms with E-state index in [1.54, 1.807) is 42.7 Å². The second-order valence-corrected chi connectivity index (χ2v) is 3.56. The van der Waals surface area contributed by atoms with Gasteiger partial charge < -0.3 is 10.5 Å². The lowest BCUT2D eigenvalue weighted by Gasteiger charge is -2.04. The molecular weight excluding hydrogens is 216 g/mol. The van der Waals surface area contributed by atoms with Crippen LogP contribution < -0.4 is 5.73 Å². The van der Waals surface area contributed by atoms with Crippen LogP contribution in [0.2, 0.25) is 0 Å². The van der Waals surface area contributed by atoms with Gasteiger partial charge in [-0.25, -0.2) is 4.79 Å². The molecule has 0 amide bonds. The highest BCUT2D eigenvalue weighted by Crippen LogP contribution is 2.08. The van der Waals surface area contributed by atoms with Crippen molar-refractivity contribution >= 4 is 11.7 Å². The van der Waals surface area contributed by atoms with E-state index in [9.17, 15) is 4.79 Å². The Morgan fingerprint density at radius 2 is 2.00 bits per heavy atom. The number of benzene rings is 1. The first-order chi connectivity index (χ1) is 8.25. The van der Waals surface area contributed by atoms with Crippen molar-refractivity contribution in [2.45, 2.75) is 6.61 Å². The van der Waals surface area contributed by atoms with Crippen molar-refractivity contribution in [3.8, 4) is 0 Å². The number of carbonyl (C=O) groups excluding carboxylic acids is 1. The predicted octanol–water partition coefficient (Wildman–Crippen LogP) is 2.02. The molecule has 0 radical (unpaired) electrons. The summed E-state index contributed by atoms with van der Waals surface area (Å²) in [5.74, 6) is -0.367. The standard InChI is InChI=1S/C13H12N2O2/c14-12-5-3-11(4-6-12)13(16)17-9-10-2-1-7-15-8-10/h1-8H,9,14H2. The number of rotatable bonds is 3. The van der Waals surface area contributed by atoms with E-state index in [2.05, 4.69) is 4.98 Å². The summed E-state index contributed by atoms with van der Waals surface area (Å²) in [6, 6.07) is 10.3.